The Balaban J connectivity index is 1.88. The highest BCUT2D eigenvalue weighted by Gasteiger charge is 2.15. The van der Waals surface area contributed by atoms with E-state index >= 15 is 0 Å². The van der Waals surface area contributed by atoms with Crippen LogP contribution in [0.4, 0.5) is 14.5 Å². The first kappa shape index (κ1) is 17.8. The molecule has 1 heterocycles. The molecule has 4 nitrogen and oxygen atoms in total. The lowest BCUT2D eigenvalue weighted by Crippen LogP contribution is -2.29. The second-order valence-electron chi connectivity index (χ2n) is 5.56. The maximum absolute atomic E-state index is 13.7. The standard InChI is InChI=1S/C19H13ClF2N2O2/c20-13-4-1-3-12(9-13)11-24-8-2-5-15(19(24)26)18(25)23-17-10-14(21)6-7-16(17)22/h1-10H,11H2,(H,23,25). The van der Waals surface area contributed by atoms with Crippen molar-refractivity contribution in [3.8, 4) is 0 Å². The highest BCUT2D eigenvalue weighted by Crippen LogP contribution is 2.16. The lowest BCUT2D eigenvalue weighted by molar-refractivity contribution is 0.102. The summed E-state index contributed by atoms with van der Waals surface area (Å²) in [5.41, 5.74) is -0.284. The number of nitrogens with zero attached hydrogens (tertiary/aromatic N) is 1. The number of halogens is 3. The molecule has 0 unspecified atom stereocenters. The SMILES string of the molecule is O=C(Nc1cc(F)ccc1F)c1cccn(Cc2cccc(Cl)c2)c1=O. The van der Waals surface area contributed by atoms with Crippen LogP contribution in [-0.4, -0.2) is 10.5 Å². The van der Waals surface area contributed by atoms with Crippen molar-refractivity contribution in [3.63, 3.8) is 0 Å². The van der Waals surface area contributed by atoms with Crippen molar-refractivity contribution >= 4 is 23.2 Å². The molecule has 3 aromatic rings. The van der Waals surface area contributed by atoms with Gasteiger partial charge < -0.3 is 9.88 Å². The first-order chi connectivity index (χ1) is 12.4. The third-order valence-corrected chi connectivity index (χ3v) is 3.92. The molecule has 0 bridgehead atoms. The fraction of sp³-hybridized carbons (Fsp3) is 0.0526. The van der Waals surface area contributed by atoms with Crippen LogP contribution in [0.3, 0.4) is 0 Å². The number of nitrogens with one attached hydrogen (secondary N) is 1. The Morgan fingerprint density at radius 3 is 2.65 bits per heavy atom. The lowest BCUT2D eigenvalue weighted by atomic mass is 10.2. The monoisotopic (exact) mass is 374 g/mol. The molecule has 0 radical (unpaired) electrons. The number of carbonyl (C=O) groups excluding carboxylic acids is 1. The summed E-state index contributed by atoms with van der Waals surface area (Å²) in [6.45, 7) is 0.217. The van der Waals surface area contributed by atoms with Crippen molar-refractivity contribution < 1.29 is 13.6 Å². The number of benzene rings is 2. The van der Waals surface area contributed by atoms with Crippen LogP contribution in [0.5, 0.6) is 0 Å². The number of hydrogen-bond acceptors (Lipinski definition) is 2. The largest absolute Gasteiger partial charge is 0.319 e. The fourth-order valence-corrected chi connectivity index (χ4v) is 2.66. The van der Waals surface area contributed by atoms with Gasteiger partial charge in [-0.2, -0.15) is 0 Å². The van der Waals surface area contributed by atoms with Gasteiger partial charge in [0.1, 0.15) is 17.2 Å². The average molecular weight is 375 g/mol. The Hall–Kier alpha value is -2.99. The zero-order valence-electron chi connectivity index (χ0n) is 13.4. The van der Waals surface area contributed by atoms with E-state index in [1.807, 2.05) is 0 Å². The zero-order valence-corrected chi connectivity index (χ0v) is 14.1. The number of aromatic nitrogens is 1. The summed E-state index contributed by atoms with van der Waals surface area (Å²) < 4.78 is 28.2. The molecule has 1 amide bonds. The first-order valence-corrected chi connectivity index (χ1v) is 8.02. The van der Waals surface area contributed by atoms with Crippen molar-refractivity contribution in [2.75, 3.05) is 5.32 Å². The van der Waals surface area contributed by atoms with Gasteiger partial charge in [0.2, 0.25) is 0 Å². The molecular formula is C19H13ClF2N2O2. The summed E-state index contributed by atoms with van der Waals surface area (Å²) in [5.74, 6) is -2.32. The molecule has 0 spiro atoms. The minimum absolute atomic E-state index is 0.182. The maximum Gasteiger partial charge on any atom is 0.263 e. The molecule has 1 N–H and O–H groups in total. The van der Waals surface area contributed by atoms with Crippen LogP contribution in [0, 0.1) is 11.6 Å². The smallest absolute Gasteiger partial charge is 0.263 e. The zero-order chi connectivity index (χ0) is 18.7. The van der Waals surface area contributed by atoms with E-state index in [0.717, 1.165) is 23.8 Å². The van der Waals surface area contributed by atoms with Crippen LogP contribution < -0.4 is 10.9 Å². The molecule has 0 aliphatic rings. The van der Waals surface area contributed by atoms with Crippen LogP contribution >= 0.6 is 11.6 Å². The van der Waals surface area contributed by atoms with Gasteiger partial charge in [-0.1, -0.05) is 23.7 Å². The summed E-state index contributed by atoms with van der Waals surface area (Å²) in [6, 6.07) is 12.5. The number of hydrogen-bond donors (Lipinski definition) is 1. The van der Waals surface area contributed by atoms with Gasteiger partial charge in [0.25, 0.3) is 11.5 Å². The number of carbonyl (C=O) groups is 1. The molecular weight excluding hydrogens is 362 g/mol. The first-order valence-electron chi connectivity index (χ1n) is 7.64. The van der Waals surface area contributed by atoms with Gasteiger partial charge in [0, 0.05) is 17.3 Å². The van der Waals surface area contributed by atoms with Crippen molar-refractivity contribution in [2.45, 2.75) is 6.54 Å². The van der Waals surface area contributed by atoms with Crippen molar-refractivity contribution in [3.05, 3.63) is 98.9 Å². The summed E-state index contributed by atoms with van der Waals surface area (Å²) in [6.07, 6.45) is 1.53. The number of rotatable bonds is 4. The van der Waals surface area contributed by atoms with Crippen LogP contribution in [0.25, 0.3) is 0 Å². The van der Waals surface area contributed by atoms with Crippen LogP contribution in [-0.2, 0) is 6.54 Å². The lowest BCUT2D eigenvalue weighted by Gasteiger charge is -2.10. The van der Waals surface area contributed by atoms with E-state index in [9.17, 15) is 18.4 Å². The third-order valence-electron chi connectivity index (χ3n) is 3.68. The van der Waals surface area contributed by atoms with Gasteiger partial charge in [-0.15, -0.1) is 0 Å². The third kappa shape index (κ3) is 3.97. The summed E-state index contributed by atoms with van der Waals surface area (Å²) >= 11 is 5.93. The minimum atomic E-state index is -0.819. The maximum atomic E-state index is 13.7. The predicted molar refractivity (Wildman–Crippen MR) is 95.6 cm³/mol. The number of anilines is 1. The second kappa shape index (κ2) is 7.49. The molecule has 0 aliphatic heterocycles. The molecule has 1 aromatic heterocycles. The highest BCUT2D eigenvalue weighted by molar-refractivity contribution is 6.30. The number of amides is 1. The quantitative estimate of drug-likeness (QED) is 0.748. The molecule has 0 atom stereocenters. The highest BCUT2D eigenvalue weighted by atomic mass is 35.5. The Labute approximate surface area is 152 Å². The molecule has 7 heteroatoms. The Bertz CT molecular complexity index is 1030. The molecule has 3 rings (SSSR count). The van der Waals surface area contributed by atoms with Gasteiger partial charge >= 0.3 is 0 Å². The molecule has 0 saturated heterocycles. The van der Waals surface area contributed by atoms with E-state index in [2.05, 4.69) is 5.32 Å². The Morgan fingerprint density at radius 1 is 1.08 bits per heavy atom. The molecule has 2 aromatic carbocycles. The van der Waals surface area contributed by atoms with Crippen LogP contribution in [0.2, 0.25) is 5.02 Å². The normalized spacial score (nSPS) is 10.6. The number of pyridine rings is 1. The second-order valence-corrected chi connectivity index (χ2v) is 6.00. The van der Waals surface area contributed by atoms with E-state index in [0.29, 0.717) is 5.02 Å². The van der Waals surface area contributed by atoms with E-state index in [1.54, 1.807) is 24.3 Å². The van der Waals surface area contributed by atoms with Crippen LogP contribution in [0.15, 0.2) is 65.6 Å². The van der Waals surface area contributed by atoms with E-state index in [4.69, 9.17) is 11.6 Å². The van der Waals surface area contributed by atoms with E-state index < -0.39 is 23.1 Å². The van der Waals surface area contributed by atoms with Crippen molar-refractivity contribution in [1.29, 1.82) is 0 Å². The minimum Gasteiger partial charge on any atom is -0.319 e. The molecule has 0 saturated carbocycles. The molecule has 132 valence electrons. The Morgan fingerprint density at radius 2 is 1.88 bits per heavy atom. The van der Waals surface area contributed by atoms with Gasteiger partial charge in [-0.25, -0.2) is 8.78 Å². The van der Waals surface area contributed by atoms with E-state index in [1.165, 1.54) is 22.9 Å². The fourth-order valence-electron chi connectivity index (χ4n) is 2.45. The predicted octanol–water partition coefficient (Wildman–Crippen LogP) is 4.08. The van der Waals surface area contributed by atoms with Gasteiger partial charge in [-0.3, -0.25) is 9.59 Å². The van der Waals surface area contributed by atoms with Crippen molar-refractivity contribution in [2.24, 2.45) is 0 Å². The molecule has 0 fully saturated rings. The Kier molecular flexibility index (Phi) is 5.14. The molecule has 0 aliphatic carbocycles. The summed E-state index contributed by atoms with van der Waals surface area (Å²) in [4.78, 5) is 24.9. The summed E-state index contributed by atoms with van der Waals surface area (Å²) in [5, 5.41) is 2.75. The van der Waals surface area contributed by atoms with E-state index in [-0.39, 0.29) is 17.8 Å². The summed E-state index contributed by atoms with van der Waals surface area (Å²) in [7, 11) is 0. The topological polar surface area (TPSA) is 51.1 Å². The van der Waals surface area contributed by atoms with Gasteiger partial charge in [-0.05, 0) is 42.0 Å². The van der Waals surface area contributed by atoms with Crippen LogP contribution in [0.1, 0.15) is 15.9 Å². The average Bonchev–Trinajstić information content (AvgIpc) is 2.60. The van der Waals surface area contributed by atoms with Gasteiger partial charge in [0.15, 0.2) is 0 Å². The molecule has 26 heavy (non-hydrogen) atoms. The van der Waals surface area contributed by atoms with Crippen molar-refractivity contribution in [1.82, 2.24) is 4.57 Å². The van der Waals surface area contributed by atoms with Gasteiger partial charge in [0.05, 0.1) is 12.2 Å².